The molecule has 6 heteroatoms. The minimum Gasteiger partial charge on any atom is -0.493 e. The van der Waals surface area contributed by atoms with E-state index in [1.54, 1.807) is 12.5 Å². The fraction of sp³-hybridized carbons (Fsp3) is 0.333. The zero-order valence-corrected chi connectivity index (χ0v) is 11.8. The summed E-state index contributed by atoms with van der Waals surface area (Å²) < 4.78 is 7.61. The molecule has 1 aromatic carbocycles. The SMILES string of the molecule is NC(=NCCn1ccnc1)NC1CCOc2ccccc21. The molecule has 2 aromatic rings. The molecule has 1 aliphatic rings. The first-order chi connectivity index (χ1) is 10.3. The highest BCUT2D eigenvalue weighted by Crippen LogP contribution is 2.31. The summed E-state index contributed by atoms with van der Waals surface area (Å²) in [5.74, 6) is 1.39. The molecule has 0 aliphatic carbocycles. The van der Waals surface area contributed by atoms with Gasteiger partial charge in [0.1, 0.15) is 5.75 Å². The highest BCUT2D eigenvalue weighted by atomic mass is 16.5. The first kappa shape index (κ1) is 13.5. The van der Waals surface area contributed by atoms with E-state index in [4.69, 9.17) is 10.5 Å². The average molecular weight is 285 g/mol. The monoisotopic (exact) mass is 285 g/mol. The standard InChI is InChI=1S/C15H19N5O/c16-15(18-7-9-20-8-6-17-11-20)19-13-5-10-21-14-4-2-1-3-12(13)14/h1-4,6,8,11,13H,5,7,9-10H2,(H3,16,18,19). The molecule has 0 bridgehead atoms. The average Bonchev–Trinajstić information content (AvgIpc) is 3.01. The Morgan fingerprint density at radius 2 is 2.38 bits per heavy atom. The first-order valence-corrected chi connectivity index (χ1v) is 7.07. The number of aliphatic imine (C=N–C) groups is 1. The maximum atomic E-state index is 5.97. The Morgan fingerprint density at radius 3 is 3.24 bits per heavy atom. The molecule has 6 nitrogen and oxygen atoms in total. The van der Waals surface area contributed by atoms with Crippen molar-refractivity contribution in [3.63, 3.8) is 0 Å². The molecule has 0 saturated heterocycles. The summed E-state index contributed by atoms with van der Waals surface area (Å²) in [6.07, 6.45) is 6.32. The molecule has 1 aromatic heterocycles. The van der Waals surface area contributed by atoms with Crippen LogP contribution in [0.3, 0.4) is 0 Å². The molecule has 110 valence electrons. The molecule has 0 saturated carbocycles. The zero-order chi connectivity index (χ0) is 14.5. The van der Waals surface area contributed by atoms with Crippen LogP contribution < -0.4 is 15.8 Å². The van der Waals surface area contributed by atoms with Gasteiger partial charge in [0.25, 0.3) is 0 Å². The Bertz CT molecular complexity index is 608. The minimum absolute atomic E-state index is 0.159. The van der Waals surface area contributed by atoms with Crippen LogP contribution in [0.15, 0.2) is 48.0 Å². The number of nitrogens with zero attached hydrogens (tertiary/aromatic N) is 3. The van der Waals surface area contributed by atoms with Gasteiger partial charge in [-0.25, -0.2) is 4.98 Å². The van der Waals surface area contributed by atoms with Gasteiger partial charge in [-0.3, -0.25) is 4.99 Å². The van der Waals surface area contributed by atoms with Crippen molar-refractivity contribution in [1.29, 1.82) is 0 Å². The summed E-state index contributed by atoms with van der Waals surface area (Å²) >= 11 is 0. The van der Waals surface area contributed by atoms with Gasteiger partial charge >= 0.3 is 0 Å². The lowest BCUT2D eigenvalue weighted by molar-refractivity contribution is 0.262. The lowest BCUT2D eigenvalue weighted by Gasteiger charge is -2.26. The summed E-state index contributed by atoms with van der Waals surface area (Å²) in [6, 6.07) is 8.19. The number of guanidine groups is 1. The van der Waals surface area contributed by atoms with Crippen LogP contribution in [-0.4, -0.2) is 28.7 Å². The van der Waals surface area contributed by atoms with Gasteiger partial charge in [0, 0.05) is 30.9 Å². The van der Waals surface area contributed by atoms with E-state index in [9.17, 15) is 0 Å². The fourth-order valence-electron chi connectivity index (χ4n) is 2.42. The normalized spacial score (nSPS) is 17.9. The number of para-hydroxylation sites is 1. The molecule has 1 aliphatic heterocycles. The number of rotatable bonds is 4. The van der Waals surface area contributed by atoms with Gasteiger partial charge in [-0.2, -0.15) is 0 Å². The minimum atomic E-state index is 0.159. The number of ether oxygens (including phenoxy) is 1. The molecule has 1 atom stereocenters. The van der Waals surface area contributed by atoms with Crippen LogP contribution in [0.4, 0.5) is 0 Å². The number of nitrogens with one attached hydrogen (secondary N) is 1. The Balaban J connectivity index is 1.59. The summed E-state index contributed by atoms with van der Waals surface area (Å²) in [5, 5.41) is 3.28. The van der Waals surface area contributed by atoms with E-state index in [0.29, 0.717) is 19.1 Å². The molecule has 0 radical (unpaired) electrons. The number of benzene rings is 1. The summed E-state index contributed by atoms with van der Waals surface area (Å²) in [5.41, 5.74) is 7.11. The molecular formula is C15H19N5O. The maximum Gasteiger partial charge on any atom is 0.189 e. The maximum absolute atomic E-state index is 5.97. The number of aromatic nitrogens is 2. The predicted octanol–water partition coefficient (Wildman–Crippen LogP) is 1.31. The molecule has 0 amide bonds. The highest BCUT2D eigenvalue weighted by Gasteiger charge is 2.20. The molecule has 2 heterocycles. The van der Waals surface area contributed by atoms with Crippen molar-refractivity contribution < 1.29 is 4.74 Å². The van der Waals surface area contributed by atoms with Gasteiger partial charge in [-0.05, 0) is 6.07 Å². The Labute approximate surface area is 123 Å². The molecular weight excluding hydrogens is 266 g/mol. The first-order valence-electron chi connectivity index (χ1n) is 7.07. The molecule has 3 rings (SSSR count). The lowest BCUT2D eigenvalue weighted by Crippen LogP contribution is -2.37. The molecule has 1 unspecified atom stereocenters. The molecule has 21 heavy (non-hydrogen) atoms. The smallest absolute Gasteiger partial charge is 0.189 e. The number of hydrogen-bond acceptors (Lipinski definition) is 3. The number of hydrogen-bond donors (Lipinski definition) is 2. The van der Waals surface area contributed by atoms with Gasteiger partial charge in [0.15, 0.2) is 5.96 Å². The second-order valence-electron chi connectivity index (χ2n) is 4.94. The van der Waals surface area contributed by atoms with Crippen LogP contribution in [0.5, 0.6) is 5.75 Å². The van der Waals surface area contributed by atoms with Crippen LogP contribution in [-0.2, 0) is 6.54 Å². The van der Waals surface area contributed by atoms with E-state index in [1.165, 1.54) is 0 Å². The van der Waals surface area contributed by atoms with Gasteiger partial charge in [-0.15, -0.1) is 0 Å². The van der Waals surface area contributed by atoms with E-state index in [-0.39, 0.29) is 6.04 Å². The number of imidazole rings is 1. The topological polar surface area (TPSA) is 77.5 Å². The van der Waals surface area contributed by atoms with Crippen LogP contribution >= 0.6 is 0 Å². The van der Waals surface area contributed by atoms with E-state index in [2.05, 4.69) is 21.4 Å². The quantitative estimate of drug-likeness (QED) is 0.656. The zero-order valence-electron chi connectivity index (χ0n) is 11.8. The van der Waals surface area contributed by atoms with E-state index in [0.717, 1.165) is 24.3 Å². The van der Waals surface area contributed by atoms with Crippen molar-refractivity contribution in [2.75, 3.05) is 13.2 Å². The molecule has 0 spiro atoms. The van der Waals surface area contributed by atoms with Crippen LogP contribution in [0.25, 0.3) is 0 Å². The van der Waals surface area contributed by atoms with Crippen LogP contribution in [0.1, 0.15) is 18.0 Å². The fourth-order valence-corrected chi connectivity index (χ4v) is 2.42. The lowest BCUT2D eigenvalue weighted by atomic mass is 10.0. The van der Waals surface area contributed by atoms with Crippen LogP contribution in [0, 0.1) is 0 Å². The van der Waals surface area contributed by atoms with E-state index < -0.39 is 0 Å². The van der Waals surface area contributed by atoms with Crippen molar-refractivity contribution >= 4 is 5.96 Å². The summed E-state index contributed by atoms with van der Waals surface area (Å²) in [7, 11) is 0. The van der Waals surface area contributed by atoms with Crippen molar-refractivity contribution in [3.8, 4) is 5.75 Å². The second-order valence-corrected chi connectivity index (χ2v) is 4.94. The third-order valence-corrected chi connectivity index (χ3v) is 3.48. The van der Waals surface area contributed by atoms with Crippen LogP contribution in [0.2, 0.25) is 0 Å². The van der Waals surface area contributed by atoms with Gasteiger partial charge < -0.3 is 20.4 Å². The third-order valence-electron chi connectivity index (χ3n) is 3.48. The summed E-state index contributed by atoms with van der Waals surface area (Å²) in [6.45, 7) is 2.09. The molecule has 0 fully saturated rings. The Kier molecular flexibility index (Phi) is 4.04. The van der Waals surface area contributed by atoms with Gasteiger partial charge in [0.2, 0.25) is 0 Å². The van der Waals surface area contributed by atoms with Gasteiger partial charge in [-0.1, -0.05) is 18.2 Å². The number of nitrogens with two attached hydrogens (primary N) is 1. The van der Waals surface area contributed by atoms with Crippen molar-refractivity contribution in [1.82, 2.24) is 14.9 Å². The summed E-state index contributed by atoms with van der Waals surface area (Å²) in [4.78, 5) is 8.35. The van der Waals surface area contributed by atoms with Crippen molar-refractivity contribution in [2.24, 2.45) is 10.7 Å². The molecule has 3 N–H and O–H groups in total. The second kappa shape index (κ2) is 6.30. The van der Waals surface area contributed by atoms with Gasteiger partial charge in [0.05, 0.1) is 25.5 Å². The van der Waals surface area contributed by atoms with E-state index >= 15 is 0 Å². The van der Waals surface area contributed by atoms with Crippen molar-refractivity contribution in [3.05, 3.63) is 48.5 Å². The van der Waals surface area contributed by atoms with Crippen molar-refractivity contribution in [2.45, 2.75) is 19.0 Å². The highest BCUT2D eigenvalue weighted by molar-refractivity contribution is 5.78. The Morgan fingerprint density at radius 1 is 1.48 bits per heavy atom. The predicted molar refractivity (Wildman–Crippen MR) is 81.1 cm³/mol. The third kappa shape index (κ3) is 3.34. The number of fused-ring (bicyclic) bond motifs is 1. The Hall–Kier alpha value is -2.50. The largest absolute Gasteiger partial charge is 0.493 e. The van der Waals surface area contributed by atoms with E-state index in [1.807, 2.05) is 29.0 Å².